The highest BCUT2D eigenvalue weighted by atomic mass is 14.3. The summed E-state index contributed by atoms with van der Waals surface area (Å²) in [5.41, 5.74) is 0. The van der Waals surface area contributed by atoms with Crippen LogP contribution in [-0.2, 0) is 0 Å². The van der Waals surface area contributed by atoms with Gasteiger partial charge in [-0.1, -0.05) is 41.5 Å². The summed E-state index contributed by atoms with van der Waals surface area (Å²) in [5, 5.41) is 0. The van der Waals surface area contributed by atoms with Gasteiger partial charge in [-0.25, -0.2) is 0 Å². The van der Waals surface area contributed by atoms with E-state index in [9.17, 15) is 0 Å². The largest absolute Gasteiger partial charge is 0.0622 e. The minimum atomic E-state index is 0.750. The summed E-state index contributed by atoms with van der Waals surface area (Å²) < 4.78 is 0. The van der Waals surface area contributed by atoms with E-state index in [1.54, 1.807) is 5.92 Å². The maximum atomic E-state index is 2.29. The van der Waals surface area contributed by atoms with Crippen LogP contribution in [0.4, 0.5) is 0 Å². The molecule has 0 aromatic rings. The van der Waals surface area contributed by atoms with E-state index in [-0.39, 0.29) is 0 Å². The van der Waals surface area contributed by atoms with Crippen molar-refractivity contribution in [2.45, 2.75) is 41.5 Å². The van der Waals surface area contributed by atoms with Gasteiger partial charge in [0.15, 0.2) is 0 Å². The minimum absolute atomic E-state index is 0.750. The van der Waals surface area contributed by atoms with Crippen LogP contribution >= 0.6 is 0 Å². The van der Waals surface area contributed by atoms with Crippen molar-refractivity contribution in [2.75, 3.05) is 0 Å². The van der Waals surface area contributed by atoms with Crippen molar-refractivity contribution in [3.05, 3.63) is 5.92 Å². The monoisotopic (exact) mass is 141 g/mol. The quantitative estimate of drug-likeness (QED) is 0.564. The van der Waals surface area contributed by atoms with E-state index in [0.29, 0.717) is 0 Å². The molecule has 61 valence electrons. The number of hydrogen-bond acceptors (Lipinski definition) is 0. The minimum Gasteiger partial charge on any atom is -0.0622 e. The zero-order valence-corrected chi connectivity index (χ0v) is 8.23. The molecular formula is C10H21. The molecule has 0 spiro atoms. The molecule has 0 atom stereocenters. The predicted octanol–water partition coefficient (Wildman–Crippen LogP) is 3.53. The van der Waals surface area contributed by atoms with Gasteiger partial charge in [0.2, 0.25) is 0 Å². The molecule has 0 heterocycles. The summed E-state index contributed by atoms with van der Waals surface area (Å²) in [7, 11) is 0. The molecule has 0 nitrogen and oxygen atoms in total. The lowest BCUT2D eigenvalue weighted by Gasteiger charge is -2.27. The van der Waals surface area contributed by atoms with Gasteiger partial charge in [-0.3, -0.25) is 0 Å². The van der Waals surface area contributed by atoms with Crippen molar-refractivity contribution in [1.82, 2.24) is 0 Å². The normalized spacial score (nSPS) is 12.6. The molecular weight excluding hydrogens is 120 g/mol. The van der Waals surface area contributed by atoms with Gasteiger partial charge in [-0.15, -0.1) is 0 Å². The average molecular weight is 141 g/mol. The first-order chi connectivity index (χ1) is 4.46. The maximum Gasteiger partial charge on any atom is -0.0165 e. The van der Waals surface area contributed by atoms with Crippen LogP contribution in [0.2, 0.25) is 0 Å². The zero-order valence-electron chi connectivity index (χ0n) is 8.23. The van der Waals surface area contributed by atoms with Crippen LogP contribution in [-0.4, -0.2) is 0 Å². The Bertz CT molecular complexity index is 61.0. The third kappa shape index (κ3) is 2.72. The molecule has 0 rings (SSSR count). The Morgan fingerprint density at radius 1 is 0.600 bits per heavy atom. The standard InChI is InChI=1S/C10H21/c1-7(2)10(8(3)4)9(5)6/h7-9H,1-6H3. The maximum absolute atomic E-state index is 2.29. The molecule has 0 heteroatoms. The Kier molecular flexibility index (Phi) is 4.00. The van der Waals surface area contributed by atoms with Crippen molar-refractivity contribution < 1.29 is 0 Å². The molecule has 0 saturated carbocycles. The van der Waals surface area contributed by atoms with E-state index in [4.69, 9.17) is 0 Å². The molecule has 0 unspecified atom stereocenters. The second-order valence-electron chi connectivity index (χ2n) is 3.96. The molecule has 0 saturated heterocycles. The van der Waals surface area contributed by atoms with E-state index in [1.807, 2.05) is 0 Å². The molecule has 0 fully saturated rings. The molecule has 10 heavy (non-hydrogen) atoms. The third-order valence-corrected chi connectivity index (χ3v) is 2.00. The van der Waals surface area contributed by atoms with Crippen molar-refractivity contribution in [1.29, 1.82) is 0 Å². The van der Waals surface area contributed by atoms with Crippen LogP contribution in [0, 0.1) is 23.7 Å². The molecule has 0 amide bonds. The fourth-order valence-corrected chi connectivity index (χ4v) is 2.00. The fraction of sp³-hybridized carbons (Fsp3) is 0.900. The molecule has 0 aromatic heterocycles. The van der Waals surface area contributed by atoms with E-state index in [0.717, 1.165) is 17.8 Å². The van der Waals surface area contributed by atoms with Crippen LogP contribution in [0.5, 0.6) is 0 Å². The number of hydrogen-bond donors (Lipinski definition) is 0. The SMILES string of the molecule is CC(C)[C](C(C)C)C(C)C. The highest BCUT2D eigenvalue weighted by Gasteiger charge is 2.20. The highest BCUT2D eigenvalue weighted by Crippen LogP contribution is 2.30. The van der Waals surface area contributed by atoms with Crippen LogP contribution < -0.4 is 0 Å². The predicted molar refractivity (Wildman–Crippen MR) is 47.8 cm³/mol. The summed E-state index contributed by atoms with van der Waals surface area (Å²) in [6, 6.07) is 0. The molecule has 0 aliphatic rings. The van der Waals surface area contributed by atoms with Crippen LogP contribution in [0.3, 0.4) is 0 Å². The van der Waals surface area contributed by atoms with Crippen LogP contribution in [0.25, 0.3) is 0 Å². The van der Waals surface area contributed by atoms with Crippen LogP contribution in [0.15, 0.2) is 0 Å². The Balaban J connectivity index is 3.98. The van der Waals surface area contributed by atoms with Gasteiger partial charge in [0, 0.05) is 0 Å². The van der Waals surface area contributed by atoms with Gasteiger partial charge >= 0.3 is 0 Å². The first-order valence-corrected chi connectivity index (χ1v) is 4.33. The Labute approximate surface area is 66.0 Å². The summed E-state index contributed by atoms with van der Waals surface area (Å²) in [6.07, 6.45) is 0. The third-order valence-electron chi connectivity index (χ3n) is 2.00. The van der Waals surface area contributed by atoms with Gasteiger partial charge in [0.25, 0.3) is 0 Å². The van der Waals surface area contributed by atoms with Gasteiger partial charge in [-0.2, -0.15) is 0 Å². The second kappa shape index (κ2) is 4.00. The zero-order chi connectivity index (χ0) is 8.31. The number of rotatable bonds is 3. The van der Waals surface area contributed by atoms with Crippen molar-refractivity contribution in [2.24, 2.45) is 17.8 Å². The Morgan fingerprint density at radius 2 is 0.800 bits per heavy atom. The molecule has 1 radical (unpaired) electrons. The Hall–Kier alpha value is 0. The van der Waals surface area contributed by atoms with E-state index in [1.165, 1.54) is 0 Å². The van der Waals surface area contributed by atoms with Gasteiger partial charge < -0.3 is 0 Å². The van der Waals surface area contributed by atoms with Crippen molar-refractivity contribution in [3.8, 4) is 0 Å². The van der Waals surface area contributed by atoms with E-state index < -0.39 is 0 Å². The molecule has 0 bridgehead atoms. The summed E-state index contributed by atoms with van der Waals surface area (Å²) >= 11 is 0. The van der Waals surface area contributed by atoms with E-state index >= 15 is 0 Å². The first-order valence-electron chi connectivity index (χ1n) is 4.33. The lowest BCUT2D eigenvalue weighted by Crippen LogP contribution is -2.18. The summed E-state index contributed by atoms with van der Waals surface area (Å²) in [4.78, 5) is 0. The van der Waals surface area contributed by atoms with Gasteiger partial charge in [-0.05, 0) is 23.7 Å². The molecule has 0 aromatic carbocycles. The summed E-state index contributed by atoms with van der Waals surface area (Å²) in [6.45, 7) is 13.7. The second-order valence-corrected chi connectivity index (χ2v) is 3.96. The topological polar surface area (TPSA) is 0 Å². The smallest absolute Gasteiger partial charge is 0.0165 e. The summed E-state index contributed by atoms with van der Waals surface area (Å²) in [5.74, 6) is 3.94. The molecule has 0 N–H and O–H groups in total. The van der Waals surface area contributed by atoms with Crippen molar-refractivity contribution >= 4 is 0 Å². The Morgan fingerprint density at radius 3 is 0.800 bits per heavy atom. The van der Waals surface area contributed by atoms with E-state index in [2.05, 4.69) is 41.5 Å². The first kappa shape index (κ1) is 10.0. The van der Waals surface area contributed by atoms with Gasteiger partial charge in [0.05, 0.1) is 0 Å². The highest BCUT2D eigenvalue weighted by molar-refractivity contribution is 4.98. The average Bonchev–Trinajstić information content (AvgIpc) is 1.59. The lowest BCUT2D eigenvalue weighted by molar-refractivity contribution is 0.416. The fourth-order valence-electron chi connectivity index (χ4n) is 2.00. The lowest BCUT2D eigenvalue weighted by atomic mass is 9.78. The van der Waals surface area contributed by atoms with Crippen molar-refractivity contribution in [3.63, 3.8) is 0 Å². The molecule has 0 aliphatic heterocycles. The van der Waals surface area contributed by atoms with Crippen LogP contribution in [0.1, 0.15) is 41.5 Å². The van der Waals surface area contributed by atoms with Gasteiger partial charge in [0.1, 0.15) is 0 Å². The molecule has 0 aliphatic carbocycles.